The third kappa shape index (κ3) is 3.18. The van der Waals surface area contributed by atoms with Crippen molar-refractivity contribution in [3.8, 4) is 23.2 Å². The molecule has 1 unspecified atom stereocenters. The molecule has 0 spiro atoms. The van der Waals surface area contributed by atoms with Crippen LogP contribution in [0, 0.1) is 11.3 Å². The summed E-state index contributed by atoms with van der Waals surface area (Å²) in [5, 5.41) is 10.2. The summed E-state index contributed by atoms with van der Waals surface area (Å²) >= 11 is 0. The lowest BCUT2D eigenvalue weighted by molar-refractivity contribution is -0.128. The fraction of sp³-hybridized carbons (Fsp3) is 0.333. The summed E-state index contributed by atoms with van der Waals surface area (Å²) in [5.41, 5.74) is 3.83. The van der Waals surface area contributed by atoms with Crippen LogP contribution < -0.4 is 4.74 Å². The zero-order valence-electron chi connectivity index (χ0n) is 15.9. The molecule has 2 aromatic heterocycles. The van der Waals surface area contributed by atoms with Gasteiger partial charge in [-0.25, -0.2) is 9.97 Å². The number of ether oxygens (including phenoxy) is 1. The Morgan fingerprint density at radius 2 is 2.32 bits per heavy atom. The van der Waals surface area contributed by atoms with E-state index in [0.29, 0.717) is 31.0 Å². The lowest BCUT2D eigenvalue weighted by atomic mass is 10.1. The van der Waals surface area contributed by atoms with Crippen molar-refractivity contribution in [2.24, 2.45) is 0 Å². The Morgan fingerprint density at radius 3 is 3.04 bits per heavy atom. The number of hydrogen-bond acceptors (Lipinski definition) is 5. The summed E-state index contributed by atoms with van der Waals surface area (Å²) in [6.45, 7) is 4.89. The van der Waals surface area contributed by atoms with E-state index in [0.717, 1.165) is 34.3 Å². The van der Waals surface area contributed by atoms with E-state index >= 15 is 0 Å². The predicted molar refractivity (Wildman–Crippen MR) is 105 cm³/mol. The van der Waals surface area contributed by atoms with Crippen molar-refractivity contribution < 1.29 is 9.53 Å². The second kappa shape index (κ2) is 7.31. The zero-order valence-corrected chi connectivity index (χ0v) is 15.9. The highest BCUT2D eigenvalue weighted by Gasteiger charge is 2.27. The Kier molecular flexibility index (Phi) is 4.70. The summed E-state index contributed by atoms with van der Waals surface area (Å²) in [5.74, 6) is 0.596. The van der Waals surface area contributed by atoms with Gasteiger partial charge in [-0.2, -0.15) is 5.26 Å². The van der Waals surface area contributed by atoms with E-state index in [1.807, 2.05) is 25.3 Å². The van der Waals surface area contributed by atoms with Crippen LogP contribution in [0.4, 0.5) is 0 Å². The average Bonchev–Trinajstić information content (AvgIpc) is 3.35. The monoisotopic (exact) mass is 375 g/mol. The highest BCUT2D eigenvalue weighted by atomic mass is 16.5. The number of para-hydroxylation sites is 1. The molecule has 0 bridgehead atoms. The van der Waals surface area contributed by atoms with Gasteiger partial charge in [0, 0.05) is 37.0 Å². The third-order valence-corrected chi connectivity index (χ3v) is 5.12. The lowest BCUT2D eigenvalue weighted by Crippen LogP contribution is -2.29. The zero-order chi connectivity index (χ0) is 19.7. The molecule has 1 aliphatic heterocycles. The minimum absolute atomic E-state index is 0.0550. The number of likely N-dealkylation sites (tertiary alicyclic amines) is 1. The van der Waals surface area contributed by atoms with Crippen LogP contribution in [0.2, 0.25) is 0 Å². The van der Waals surface area contributed by atoms with Crippen LogP contribution in [0.5, 0.6) is 5.88 Å². The molecule has 142 valence electrons. The number of H-pyrrole nitrogens is 1. The fourth-order valence-electron chi connectivity index (χ4n) is 3.60. The third-order valence-electron chi connectivity index (χ3n) is 5.12. The van der Waals surface area contributed by atoms with Crippen LogP contribution >= 0.6 is 0 Å². The number of nitrogens with zero attached hydrogens (tertiary/aromatic N) is 4. The second-order valence-electron chi connectivity index (χ2n) is 6.90. The average molecular weight is 375 g/mol. The van der Waals surface area contributed by atoms with Gasteiger partial charge in [0.1, 0.15) is 17.9 Å². The van der Waals surface area contributed by atoms with Crippen molar-refractivity contribution in [2.45, 2.75) is 32.8 Å². The summed E-state index contributed by atoms with van der Waals surface area (Å²) in [7, 11) is 0. The summed E-state index contributed by atoms with van der Waals surface area (Å²) in [6, 6.07) is 7.82. The van der Waals surface area contributed by atoms with Gasteiger partial charge in [0.25, 0.3) is 0 Å². The Morgan fingerprint density at radius 1 is 1.46 bits per heavy atom. The van der Waals surface area contributed by atoms with Gasteiger partial charge in [-0.15, -0.1) is 0 Å². The fourth-order valence-corrected chi connectivity index (χ4v) is 3.60. The largest absolute Gasteiger partial charge is 0.471 e. The molecule has 1 fully saturated rings. The molecule has 0 aliphatic carbocycles. The van der Waals surface area contributed by atoms with E-state index in [4.69, 9.17) is 9.72 Å². The number of carbonyl (C=O) groups is 1. The first-order valence-electron chi connectivity index (χ1n) is 9.39. The molecule has 1 saturated heterocycles. The number of carbonyl (C=O) groups excluding carboxylic acids is 1. The van der Waals surface area contributed by atoms with Gasteiger partial charge in [0.2, 0.25) is 11.8 Å². The maximum absolute atomic E-state index is 11.5. The van der Waals surface area contributed by atoms with Crippen molar-refractivity contribution in [3.05, 3.63) is 41.9 Å². The molecule has 7 heteroatoms. The first-order chi connectivity index (χ1) is 13.6. The van der Waals surface area contributed by atoms with E-state index < -0.39 is 0 Å². The quantitative estimate of drug-likeness (QED) is 0.756. The number of fused-ring (bicyclic) bond motifs is 1. The molecule has 4 rings (SSSR count). The normalized spacial score (nSPS) is 16.3. The first-order valence-corrected chi connectivity index (χ1v) is 9.39. The van der Waals surface area contributed by atoms with Crippen molar-refractivity contribution in [2.75, 3.05) is 13.1 Å². The van der Waals surface area contributed by atoms with Gasteiger partial charge in [0.05, 0.1) is 29.5 Å². The van der Waals surface area contributed by atoms with E-state index in [-0.39, 0.29) is 12.0 Å². The number of aryl methyl sites for hydroxylation is 1. The molecule has 3 heterocycles. The number of rotatable bonds is 4. The molecule has 1 aliphatic rings. The number of nitriles is 1. The molecule has 0 saturated carbocycles. The summed E-state index contributed by atoms with van der Waals surface area (Å²) in [4.78, 5) is 25.8. The van der Waals surface area contributed by atoms with Crippen molar-refractivity contribution in [1.82, 2.24) is 19.9 Å². The number of benzene rings is 1. The van der Waals surface area contributed by atoms with E-state index in [1.165, 1.54) is 0 Å². The summed E-state index contributed by atoms with van der Waals surface area (Å²) in [6.07, 6.45) is 4.99. The van der Waals surface area contributed by atoms with E-state index in [9.17, 15) is 10.1 Å². The molecule has 0 radical (unpaired) electrons. The Hall–Kier alpha value is -3.40. The molecule has 1 aromatic carbocycles. The summed E-state index contributed by atoms with van der Waals surface area (Å²) < 4.78 is 6.06. The maximum Gasteiger partial charge on any atom is 0.235 e. The van der Waals surface area contributed by atoms with Crippen LogP contribution in [-0.2, 0) is 11.2 Å². The van der Waals surface area contributed by atoms with E-state index in [1.54, 1.807) is 24.1 Å². The highest BCUT2D eigenvalue weighted by Crippen LogP contribution is 2.30. The SMILES string of the molecule is CCc1nc(-c2c[nH]c3c(C#N)cccc23)cnc1OC1CCN(C(C)=O)C1. The van der Waals surface area contributed by atoms with Gasteiger partial charge in [0.15, 0.2) is 0 Å². The Bertz CT molecular complexity index is 1080. The van der Waals surface area contributed by atoms with Crippen molar-refractivity contribution >= 4 is 16.8 Å². The molecular weight excluding hydrogens is 354 g/mol. The van der Waals surface area contributed by atoms with Gasteiger partial charge in [-0.1, -0.05) is 19.1 Å². The van der Waals surface area contributed by atoms with Gasteiger partial charge >= 0.3 is 0 Å². The molecular formula is C21H21N5O2. The molecule has 1 amide bonds. The van der Waals surface area contributed by atoms with Crippen molar-refractivity contribution in [3.63, 3.8) is 0 Å². The number of hydrogen-bond donors (Lipinski definition) is 1. The highest BCUT2D eigenvalue weighted by molar-refractivity contribution is 5.97. The minimum Gasteiger partial charge on any atom is -0.471 e. The van der Waals surface area contributed by atoms with Crippen LogP contribution in [0.25, 0.3) is 22.2 Å². The van der Waals surface area contributed by atoms with Crippen LogP contribution in [0.15, 0.2) is 30.6 Å². The van der Waals surface area contributed by atoms with Crippen molar-refractivity contribution in [1.29, 1.82) is 5.26 Å². The number of aromatic amines is 1. The topological polar surface area (TPSA) is 94.9 Å². The number of amides is 1. The van der Waals surface area contributed by atoms with E-state index in [2.05, 4.69) is 16.0 Å². The van der Waals surface area contributed by atoms with Crippen LogP contribution in [-0.4, -0.2) is 45.0 Å². The lowest BCUT2D eigenvalue weighted by Gasteiger charge is -2.16. The standard InChI is InChI=1S/C21H21N5O2/c1-3-18-21(28-15-7-8-26(12-15)13(2)27)24-11-19(25-18)17-10-23-20-14(9-22)5-4-6-16(17)20/h4-6,10-11,15,23H,3,7-8,12H2,1-2H3. The van der Waals surface area contributed by atoms with Gasteiger partial charge in [-0.05, 0) is 12.5 Å². The maximum atomic E-state index is 11.5. The number of nitrogens with one attached hydrogen (secondary N) is 1. The molecule has 1 atom stereocenters. The molecule has 3 aromatic rings. The van der Waals surface area contributed by atoms with Crippen LogP contribution in [0.3, 0.4) is 0 Å². The number of aromatic nitrogens is 3. The minimum atomic E-state index is -0.0550. The van der Waals surface area contributed by atoms with Gasteiger partial charge < -0.3 is 14.6 Å². The molecule has 1 N–H and O–H groups in total. The molecule has 28 heavy (non-hydrogen) atoms. The predicted octanol–water partition coefficient (Wildman–Crippen LogP) is 3.06. The molecule has 7 nitrogen and oxygen atoms in total. The van der Waals surface area contributed by atoms with Gasteiger partial charge in [-0.3, -0.25) is 4.79 Å². The Balaban J connectivity index is 1.63. The second-order valence-corrected chi connectivity index (χ2v) is 6.90. The van der Waals surface area contributed by atoms with Crippen LogP contribution in [0.1, 0.15) is 31.5 Å². The smallest absolute Gasteiger partial charge is 0.235 e. The Labute approximate surface area is 163 Å². The first kappa shape index (κ1) is 18.0.